The number of benzene rings is 2. The number of nitrogens with zero attached hydrogens (tertiary/aromatic N) is 1. The molecule has 0 aliphatic carbocycles. The Morgan fingerprint density at radius 1 is 1.37 bits per heavy atom. The van der Waals surface area contributed by atoms with E-state index in [1.807, 2.05) is 0 Å². The van der Waals surface area contributed by atoms with Crippen LogP contribution in [0.3, 0.4) is 0 Å². The molecule has 0 aromatic heterocycles. The second-order valence-electron chi connectivity index (χ2n) is 6.09. The number of carbonyl (C=O) groups is 1. The number of anilines is 1. The van der Waals surface area contributed by atoms with E-state index >= 15 is 0 Å². The minimum absolute atomic E-state index is 0.185. The Morgan fingerprint density at radius 2 is 2.04 bits per heavy atom. The van der Waals surface area contributed by atoms with Gasteiger partial charge in [0.25, 0.3) is 5.91 Å². The first-order valence-electron chi connectivity index (χ1n) is 8.51. The molecule has 0 radical (unpaired) electrons. The lowest BCUT2D eigenvalue weighted by Gasteiger charge is -2.23. The molecule has 0 aliphatic rings. The lowest BCUT2D eigenvalue weighted by atomic mass is 10.1. The second-order valence-corrected chi connectivity index (χ2v) is 6.49. The summed E-state index contributed by atoms with van der Waals surface area (Å²) in [6.07, 6.45) is 0. The summed E-state index contributed by atoms with van der Waals surface area (Å²) in [7, 11) is 0. The normalized spacial score (nSPS) is 12.1. The van der Waals surface area contributed by atoms with E-state index in [0.717, 1.165) is 10.6 Å². The Kier molecular flexibility index (Phi) is 7.41. The Labute approximate surface area is 162 Å². The number of hydrogen-bond donors (Lipinski definition) is 3. The summed E-state index contributed by atoms with van der Waals surface area (Å²) in [5, 5.41) is 14.2. The zero-order valence-electron chi connectivity index (χ0n) is 15.2. The zero-order chi connectivity index (χ0) is 20.0. The monoisotopic (exact) mass is 395 g/mol. The van der Waals surface area contributed by atoms with E-state index in [4.69, 9.17) is 22.1 Å². The van der Waals surface area contributed by atoms with Gasteiger partial charge in [0.1, 0.15) is 11.6 Å². The molecule has 8 heteroatoms. The Balaban J connectivity index is 1.97. The van der Waals surface area contributed by atoms with Crippen molar-refractivity contribution in [3.63, 3.8) is 0 Å². The Morgan fingerprint density at radius 3 is 2.67 bits per heavy atom. The highest BCUT2D eigenvalue weighted by molar-refractivity contribution is 6.33. The summed E-state index contributed by atoms with van der Waals surface area (Å²) in [5.41, 5.74) is 7.10. The van der Waals surface area contributed by atoms with Gasteiger partial charge in [0.2, 0.25) is 0 Å². The van der Waals surface area contributed by atoms with Gasteiger partial charge in [-0.1, -0.05) is 23.7 Å². The van der Waals surface area contributed by atoms with Crippen molar-refractivity contribution < 1.29 is 19.1 Å². The number of carbonyl (C=O) groups excluding carboxylic acids is 1. The Hall–Kier alpha value is -2.35. The third-order valence-electron chi connectivity index (χ3n) is 3.97. The minimum atomic E-state index is -0.387. The number of nitrogens with one attached hydrogen (secondary N) is 1. The van der Waals surface area contributed by atoms with Crippen LogP contribution in [0.5, 0.6) is 5.75 Å². The predicted octanol–water partition coefficient (Wildman–Crippen LogP) is 3.47. The van der Waals surface area contributed by atoms with Crippen molar-refractivity contribution in [3.05, 3.63) is 58.4 Å². The molecule has 0 bridgehead atoms. The van der Waals surface area contributed by atoms with Gasteiger partial charge in [-0.3, -0.25) is 4.79 Å². The van der Waals surface area contributed by atoms with Gasteiger partial charge in [-0.15, -0.1) is 0 Å². The summed E-state index contributed by atoms with van der Waals surface area (Å²) in [5.74, 6) is -0.380. The number of nitrogens with two attached hydrogens (primary N) is 1. The highest BCUT2D eigenvalue weighted by Crippen LogP contribution is 2.29. The van der Waals surface area contributed by atoms with Crippen LogP contribution in [-0.2, 0) is 6.54 Å². The van der Waals surface area contributed by atoms with Gasteiger partial charge < -0.3 is 21.0 Å². The number of halogens is 2. The number of rotatable bonds is 8. The van der Waals surface area contributed by atoms with Gasteiger partial charge in [0.05, 0.1) is 22.9 Å². The van der Waals surface area contributed by atoms with Crippen molar-refractivity contribution in [2.75, 3.05) is 18.9 Å². The SMILES string of the molecule is CCOc1cc(N)c(Cl)cc1C(=O)NC[C@H](C)N(O)Cc1ccc(F)cc1. The first kappa shape index (κ1) is 21.0. The number of hydrogen-bond acceptors (Lipinski definition) is 5. The van der Waals surface area contributed by atoms with Crippen LogP contribution < -0.4 is 15.8 Å². The molecule has 2 rings (SSSR count). The van der Waals surface area contributed by atoms with Gasteiger partial charge in [0.15, 0.2) is 0 Å². The molecule has 146 valence electrons. The molecule has 0 aliphatic heterocycles. The van der Waals surface area contributed by atoms with E-state index in [2.05, 4.69) is 5.32 Å². The van der Waals surface area contributed by atoms with Crippen molar-refractivity contribution in [1.82, 2.24) is 10.4 Å². The smallest absolute Gasteiger partial charge is 0.255 e. The van der Waals surface area contributed by atoms with E-state index in [0.29, 0.717) is 18.0 Å². The van der Waals surface area contributed by atoms with Gasteiger partial charge in [-0.05, 0) is 37.6 Å². The Bertz CT molecular complexity index is 787. The maximum Gasteiger partial charge on any atom is 0.255 e. The molecule has 0 fully saturated rings. The average molecular weight is 396 g/mol. The van der Waals surface area contributed by atoms with Gasteiger partial charge in [-0.25, -0.2) is 4.39 Å². The fourth-order valence-electron chi connectivity index (χ4n) is 2.40. The first-order chi connectivity index (χ1) is 12.8. The maximum absolute atomic E-state index is 12.9. The zero-order valence-corrected chi connectivity index (χ0v) is 16.0. The van der Waals surface area contributed by atoms with E-state index in [1.54, 1.807) is 26.0 Å². The van der Waals surface area contributed by atoms with Crippen LogP contribution in [0.1, 0.15) is 29.8 Å². The van der Waals surface area contributed by atoms with Crippen molar-refractivity contribution in [2.45, 2.75) is 26.4 Å². The lowest BCUT2D eigenvalue weighted by Crippen LogP contribution is -2.40. The minimum Gasteiger partial charge on any atom is -0.493 e. The molecular weight excluding hydrogens is 373 g/mol. The van der Waals surface area contributed by atoms with Crippen molar-refractivity contribution in [2.24, 2.45) is 0 Å². The molecule has 1 atom stereocenters. The molecule has 2 aromatic carbocycles. The number of amides is 1. The lowest BCUT2D eigenvalue weighted by molar-refractivity contribution is -0.128. The van der Waals surface area contributed by atoms with Crippen LogP contribution in [0.2, 0.25) is 5.02 Å². The largest absolute Gasteiger partial charge is 0.493 e. The van der Waals surface area contributed by atoms with Crippen LogP contribution in [0.4, 0.5) is 10.1 Å². The third kappa shape index (κ3) is 5.82. The summed E-state index contributed by atoms with van der Waals surface area (Å²) in [6, 6.07) is 8.43. The molecule has 0 heterocycles. The fraction of sp³-hybridized carbons (Fsp3) is 0.316. The molecule has 1 amide bonds. The van der Waals surface area contributed by atoms with Crippen LogP contribution in [-0.4, -0.2) is 35.4 Å². The fourth-order valence-corrected chi connectivity index (χ4v) is 2.56. The number of ether oxygens (including phenoxy) is 1. The highest BCUT2D eigenvalue weighted by atomic mass is 35.5. The summed E-state index contributed by atoms with van der Waals surface area (Å²) in [4.78, 5) is 12.5. The number of hydroxylamine groups is 2. The van der Waals surface area contributed by atoms with Crippen molar-refractivity contribution in [3.8, 4) is 5.75 Å². The quantitative estimate of drug-likeness (QED) is 0.470. The van der Waals surface area contributed by atoms with Crippen LogP contribution in [0.25, 0.3) is 0 Å². The molecule has 27 heavy (non-hydrogen) atoms. The second kappa shape index (κ2) is 9.55. The van der Waals surface area contributed by atoms with E-state index in [9.17, 15) is 14.4 Å². The molecular formula is C19H23ClFN3O3. The maximum atomic E-state index is 12.9. The van der Waals surface area contributed by atoms with Crippen LogP contribution >= 0.6 is 11.6 Å². The van der Waals surface area contributed by atoms with Crippen LogP contribution in [0.15, 0.2) is 36.4 Å². The number of nitrogen functional groups attached to an aromatic ring is 1. The van der Waals surface area contributed by atoms with Crippen molar-refractivity contribution in [1.29, 1.82) is 0 Å². The third-order valence-corrected chi connectivity index (χ3v) is 4.30. The van der Waals surface area contributed by atoms with E-state index < -0.39 is 0 Å². The molecule has 0 saturated carbocycles. The summed E-state index contributed by atoms with van der Waals surface area (Å²) < 4.78 is 18.4. The van der Waals surface area contributed by atoms with Gasteiger partial charge in [-0.2, -0.15) is 5.06 Å². The molecule has 0 unspecified atom stereocenters. The molecule has 0 saturated heterocycles. The highest BCUT2D eigenvalue weighted by Gasteiger charge is 2.18. The molecule has 0 spiro atoms. The predicted molar refractivity (Wildman–Crippen MR) is 103 cm³/mol. The molecule has 6 nitrogen and oxygen atoms in total. The summed E-state index contributed by atoms with van der Waals surface area (Å²) in [6.45, 7) is 4.32. The van der Waals surface area contributed by atoms with Crippen LogP contribution in [0, 0.1) is 5.82 Å². The van der Waals surface area contributed by atoms with Crippen molar-refractivity contribution >= 4 is 23.2 Å². The molecule has 4 N–H and O–H groups in total. The average Bonchev–Trinajstić information content (AvgIpc) is 2.64. The van der Waals surface area contributed by atoms with Gasteiger partial charge >= 0.3 is 0 Å². The first-order valence-corrected chi connectivity index (χ1v) is 8.89. The van der Waals surface area contributed by atoms with E-state index in [1.165, 1.54) is 24.3 Å². The van der Waals surface area contributed by atoms with E-state index in [-0.39, 0.29) is 41.4 Å². The summed E-state index contributed by atoms with van der Waals surface area (Å²) >= 11 is 6.01. The topological polar surface area (TPSA) is 87.8 Å². The standard InChI is InChI=1S/C19H23ClFN3O3/c1-3-27-18-9-17(22)16(20)8-15(18)19(25)23-10-12(2)24(26)11-13-4-6-14(21)7-5-13/h4-9,12,26H,3,10-11,22H2,1-2H3,(H,23,25)/t12-/m0/s1. The van der Waals surface area contributed by atoms with Gasteiger partial charge in [0, 0.05) is 25.2 Å². The molecule has 2 aromatic rings.